The Bertz CT molecular complexity index is 516. The van der Waals surface area contributed by atoms with Gasteiger partial charge < -0.3 is 15.4 Å². The monoisotopic (exact) mass is 265 g/mol. The van der Waals surface area contributed by atoms with Gasteiger partial charge in [-0.25, -0.2) is 0 Å². The summed E-state index contributed by atoms with van der Waals surface area (Å²) in [6.45, 7) is 0.907. The lowest BCUT2D eigenvalue weighted by Gasteiger charge is -2.18. The fourth-order valence-corrected chi connectivity index (χ4v) is 2.00. The molecule has 0 spiro atoms. The van der Waals surface area contributed by atoms with Crippen LogP contribution in [0.4, 0.5) is 17.1 Å². The van der Waals surface area contributed by atoms with Gasteiger partial charge in [0.1, 0.15) is 5.69 Å². The van der Waals surface area contributed by atoms with E-state index in [0.29, 0.717) is 37.4 Å². The first-order valence-electron chi connectivity index (χ1n) is 5.96. The summed E-state index contributed by atoms with van der Waals surface area (Å²) >= 11 is 0. The van der Waals surface area contributed by atoms with E-state index < -0.39 is 4.92 Å². The molecule has 1 aliphatic heterocycles. The van der Waals surface area contributed by atoms with E-state index in [2.05, 4.69) is 10.6 Å². The Morgan fingerprint density at radius 3 is 2.95 bits per heavy atom. The number of aryl methyl sites for hydroxylation is 1. The molecule has 0 aliphatic carbocycles. The topological polar surface area (TPSA) is 93.5 Å². The number of carbonyl (C=O) groups is 1. The number of nitrogens with zero attached hydrogens (tertiary/aromatic N) is 1. The molecule has 1 aromatic carbocycles. The third-order valence-corrected chi connectivity index (χ3v) is 2.94. The molecule has 0 aromatic heterocycles. The van der Waals surface area contributed by atoms with E-state index in [1.807, 2.05) is 0 Å². The smallest absolute Gasteiger partial charge is 0.292 e. The van der Waals surface area contributed by atoms with E-state index in [9.17, 15) is 14.9 Å². The Morgan fingerprint density at radius 1 is 1.47 bits per heavy atom. The molecule has 19 heavy (non-hydrogen) atoms. The third-order valence-electron chi connectivity index (χ3n) is 2.94. The third kappa shape index (κ3) is 3.00. The molecule has 1 heterocycles. The summed E-state index contributed by atoms with van der Waals surface area (Å²) in [4.78, 5) is 22.0. The number of nitro groups is 1. The molecule has 2 N–H and O–H groups in total. The van der Waals surface area contributed by atoms with Crippen molar-refractivity contribution in [1.29, 1.82) is 0 Å². The van der Waals surface area contributed by atoms with E-state index >= 15 is 0 Å². The summed E-state index contributed by atoms with van der Waals surface area (Å²) in [6.07, 6.45) is 0.890. The van der Waals surface area contributed by atoms with Gasteiger partial charge in [0.2, 0.25) is 5.91 Å². The van der Waals surface area contributed by atoms with Crippen molar-refractivity contribution < 1.29 is 14.5 Å². The second-order valence-corrected chi connectivity index (χ2v) is 4.25. The molecule has 102 valence electrons. The van der Waals surface area contributed by atoms with Gasteiger partial charge in [-0.15, -0.1) is 0 Å². The number of ether oxygens (including phenoxy) is 1. The Kier molecular flexibility index (Phi) is 3.96. The van der Waals surface area contributed by atoms with Crippen molar-refractivity contribution in [2.45, 2.75) is 12.8 Å². The number of hydrogen-bond donors (Lipinski definition) is 2. The van der Waals surface area contributed by atoms with Crippen molar-refractivity contribution in [3.8, 4) is 0 Å². The molecule has 0 saturated heterocycles. The summed E-state index contributed by atoms with van der Waals surface area (Å²) < 4.78 is 4.89. The molecule has 0 radical (unpaired) electrons. The Morgan fingerprint density at radius 2 is 2.26 bits per heavy atom. The minimum Gasteiger partial charge on any atom is -0.383 e. The largest absolute Gasteiger partial charge is 0.383 e. The van der Waals surface area contributed by atoms with Crippen LogP contribution in [0.5, 0.6) is 0 Å². The number of nitrogens with one attached hydrogen (secondary N) is 2. The van der Waals surface area contributed by atoms with Gasteiger partial charge in [-0.2, -0.15) is 0 Å². The number of methoxy groups -OCH3 is 1. The van der Waals surface area contributed by atoms with Crippen molar-refractivity contribution in [1.82, 2.24) is 0 Å². The second-order valence-electron chi connectivity index (χ2n) is 4.25. The Balaban J connectivity index is 2.31. The number of fused-ring (bicyclic) bond motifs is 1. The van der Waals surface area contributed by atoms with Crippen molar-refractivity contribution in [3.63, 3.8) is 0 Å². The molecule has 0 atom stereocenters. The average Bonchev–Trinajstić information content (AvgIpc) is 2.37. The van der Waals surface area contributed by atoms with E-state index in [0.717, 1.165) is 5.56 Å². The lowest BCUT2D eigenvalue weighted by molar-refractivity contribution is -0.384. The van der Waals surface area contributed by atoms with Crippen molar-refractivity contribution >= 4 is 23.0 Å². The van der Waals surface area contributed by atoms with E-state index in [4.69, 9.17) is 4.74 Å². The molecule has 0 fully saturated rings. The van der Waals surface area contributed by atoms with Crippen LogP contribution in [-0.2, 0) is 16.0 Å². The summed E-state index contributed by atoms with van der Waals surface area (Å²) in [6, 6.07) is 3.13. The predicted molar refractivity (Wildman–Crippen MR) is 70.4 cm³/mol. The van der Waals surface area contributed by atoms with Gasteiger partial charge >= 0.3 is 0 Å². The first-order chi connectivity index (χ1) is 9.11. The number of carbonyl (C=O) groups excluding carboxylic acids is 1. The zero-order valence-corrected chi connectivity index (χ0v) is 10.6. The minimum atomic E-state index is -0.425. The Labute approximate surface area is 110 Å². The molecule has 1 aromatic rings. The minimum absolute atomic E-state index is 0.0194. The number of hydrogen-bond acceptors (Lipinski definition) is 5. The van der Waals surface area contributed by atoms with Crippen LogP contribution in [0.2, 0.25) is 0 Å². The average molecular weight is 265 g/mol. The van der Waals surface area contributed by atoms with Gasteiger partial charge in [0.15, 0.2) is 0 Å². The zero-order valence-electron chi connectivity index (χ0n) is 10.6. The fourth-order valence-electron chi connectivity index (χ4n) is 2.00. The van der Waals surface area contributed by atoms with Crippen LogP contribution in [0.25, 0.3) is 0 Å². The number of amides is 1. The highest BCUT2D eigenvalue weighted by molar-refractivity contribution is 5.95. The molecular formula is C12H15N3O4. The molecule has 2 rings (SSSR count). The molecule has 7 nitrogen and oxygen atoms in total. The molecule has 7 heteroatoms. The highest BCUT2D eigenvalue weighted by Crippen LogP contribution is 2.33. The summed E-state index contributed by atoms with van der Waals surface area (Å²) in [5.74, 6) is -0.0656. The fraction of sp³-hybridized carbons (Fsp3) is 0.417. The maximum absolute atomic E-state index is 11.3. The highest BCUT2D eigenvalue weighted by atomic mass is 16.6. The van der Waals surface area contributed by atoms with Gasteiger partial charge in [-0.1, -0.05) is 0 Å². The van der Waals surface area contributed by atoms with Crippen molar-refractivity contribution in [3.05, 3.63) is 27.8 Å². The van der Waals surface area contributed by atoms with E-state index in [-0.39, 0.29) is 11.6 Å². The van der Waals surface area contributed by atoms with Crippen molar-refractivity contribution in [2.75, 3.05) is 30.9 Å². The predicted octanol–water partition coefficient (Wildman–Crippen LogP) is 1.54. The number of rotatable bonds is 5. The zero-order chi connectivity index (χ0) is 13.8. The second kappa shape index (κ2) is 5.66. The van der Waals surface area contributed by atoms with Crippen LogP contribution in [0.15, 0.2) is 12.1 Å². The standard InChI is InChI=1S/C12H15N3O4/c1-19-5-4-13-10-7-9-8(2-3-12(16)14-9)6-11(10)15(17)18/h6-7,13H,2-5H2,1H3,(H,14,16). The van der Waals surface area contributed by atoms with Crippen LogP contribution in [-0.4, -0.2) is 31.1 Å². The highest BCUT2D eigenvalue weighted by Gasteiger charge is 2.22. The Hall–Kier alpha value is -2.15. The quantitative estimate of drug-likeness (QED) is 0.478. The summed E-state index contributed by atoms with van der Waals surface area (Å²) in [5.41, 5.74) is 1.85. The molecule has 0 bridgehead atoms. The molecule has 0 unspecified atom stereocenters. The van der Waals surface area contributed by atoms with Gasteiger partial charge in [-0.05, 0) is 18.1 Å². The molecule has 1 amide bonds. The van der Waals surface area contributed by atoms with Gasteiger partial charge in [-0.3, -0.25) is 14.9 Å². The van der Waals surface area contributed by atoms with Crippen LogP contribution in [0, 0.1) is 10.1 Å². The van der Waals surface area contributed by atoms with E-state index in [1.165, 1.54) is 6.07 Å². The first kappa shape index (κ1) is 13.3. The molecule has 0 saturated carbocycles. The summed E-state index contributed by atoms with van der Waals surface area (Å²) in [5, 5.41) is 16.7. The maximum atomic E-state index is 11.3. The normalized spacial score (nSPS) is 13.6. The molecular weight excluding hydrogens is 250 g/mol. The van der Waals surface area contributed by atoms with Crippen LogP contribution in [0.3, 0.4) is 0 Å². The summed E-state index contributed by atoms with van der Waals surface area (Å²) in [7, 11) is 1.56. The SMILES string of the molecule is COCCNc1cc2c(cc1[N+](=O)[O-])CCC(=O)N2. The van der Waals surface area contributed by atoms with Gasteiger partial charge in [0.05, 0.1) is 11.5 Å². The molecule has 1 aliphatic rings. The van der Waals surface area contributed by atoms with Crippen molar-refractivity contribution in [2.24, 2.45) is 0 Å². The van der Waals surface area contributed by atoms with Gasteiger partial charge in [0.25, 0.3) is 5.69 Å². The van der Waals surface area contributed by atoms with Crippen LogP contribution in [0.1, 0.15) is 12.0 Å². The number of anilines is 2. The number of nitro benzene ring substituents is 1. The lowest BCUT2D eigenvalue weighted by Crippen LogP contribution is -2.19. The maximum Gasteiger partial charge on any atom is 0.292 e. The lowest BCUT2D eigenvalue weighted by atomic mass is 10.0. The first-order valence-corrected chi connectivity index (χ1v) is 5.96. The van der Waals surface area contributed by atoms with Gasteiger partial charge in [0, 0.05) is 31.8 Å². The van der Waals surface area contributed by atoms with Crippen LogP contribution >= 0.6 is 0 Å². The van der Waals surface area contributed by atoms with E-state index in [1.54, 1.807) is 13.2 Å². The number of benzene rings is 1. The van der Waals surface area contributed by atoms with Crippen LogP contribution < -0.4 is 10.6 Å².